The molecule has 228 valence electrons. The van der Waals surface area contributed by atoms with Crippen LogP contribution in [-0.4, -0.2) is 23.2 Å². The van der Waals surface area contributed by atoms with E-state index < -0.39 is 12.0 Å². The van der Waals surface area contributed by atoms with Crippen molar-refractivity contribution in [1.82, 2.24) is 4.57 Å². The second-order valence-corrected chi connectivity index (χ2v) is 13.3. The van der Waals surface area contributed by atoms with E-state index in [1.165, 1.54) is 11.3 Å². The van der Waals surface area contributed by atoms with Gasteiger partial charge in [-0.05, 0) is 95.5 Å². The maximum Gasteiger partial charge on any atom is 0.338 e. The quantitative estimate of drug-likeness (QED) is 0.167. The van der Waals surface area contributed by atoms with E-state index in [1.807, 2.05) is 74.5 Å². The van der Waals surface area contributed by atoms with Crippen molar-refractivity contribution in [3.05, 3.63) is 122 Å². The normalized spacial score (nSPS) is 14.8. The summed E-state index contributed by atoms with van der Waals surface area (Å²) in [6, 6.07) is 17.9. The van der Waals surface area contributed by atoms with Crippen LogP contribution in [0.4, 0.5) is 0 Å². The van der Waals surface area contributed by atoms with Crippen LogP contribution in [0.3, 0.4) is 0 Å². The van der Waals surface area contributed by atoms with E-state index in [1.54, 1.807) is 24.5 Å². The molecule has 0 aliphatic carbocycles. The van der Waals surface area contributed by atoms with Crippen LogP contribution in [0.2, 0.25) is 5.02 Å². The van der Waals surface area contributed by atoms with Crippen LogP contribution in [-0.2, 0) is 16.1 Å². The minimum Gasteiger partial charge on any atom is -0.491 e. The molecule has 3 aromatic carbocycles. The molecule has 0 amide bonds. The molecular formula is C33H29Br2ClN2O5S. The van der Waals surface area contributed by atoms with Gasteiger partial charge in [-0.3, -0.25) is 9.36 Å². The average Bonchev–Trinajstić information content (AvgIpc) is 3.26. The van der Waals surface area contributed by atoms with Crippen molar-refractivity contribution in [3.8, 4) is 11.5 Å². The molecule has 1 atom stereocenters. The Bertz CT molecular complexity index is 1930. The molecule has 4 aromatic rings. The molecule has 0 spiro atoms. The monoisotopic (exact) mass is 758 g/mol. The van der Waals surface area contributed by atoms with Crippen LogP contribution in [0.5, 0.6) is 11.5 Å². The van der Waals surface area contributed by atoms with Crippen molar-refractivity contribution >= 4 is 66.8 Å². The third kappa shape index (κ3) is 6.73. The van der Waals surface area contributed by atoms with E-state index in [2.05, 4.69) is 36.9 Å². The number of hydrogen-bond acceptors (Lipinski definition) is 7. The number of esters is 1. The molecule has 11 heteroatoms. The standard InChI is InChI=1S/C33H29Br2ClN2O5S/c1-5-41-32(40)28-19(4)37-33-38(29(28)22-11-7-9-13-26(22)43-18(2)3)31(39)27(44-33)16-20-14-23(34)30(24(35)15-20)42-17-21-10-6-8-12-25(21)36/h6-16,18,29H,5,17H2,1-4H3/b27-16+/t29-/m1/s1. The first-order valence-corrected chi connectivity index (χ1v) is 16.7. The van der Waals surface area contributed by atoms with E-state index in [4.69, 9.17) is 25.8 Å². The van der Waals surface area contributed by atoms with E-state index in [0.29, 0.717) is 58.2 Å². The second kappa shape index (κ2) is 13.9. The molecule has 0 saturated heterocycles. The van der Waals surface area contributed by atoms with Gasteiger partial charge in [0.1, 0.15) is 24.1 Å². The maximum atomic E-state index is 14.1. The van der Waals surface area contributed by atoms with Gasteiger partial charge in [0.15, 0.2) is 4.80 Å². The Morgan fingerprint density at radius 1 is 1.11 bits per heavy atom. The highest BCUT2D eigenvalue weighted by Gasteiger charge is 2.35. The third-order valence-corrected chi connectivity index (χ3v) is 9.27. The lowest BCUT2D eigenvalue weighted by Gasteiger charge is -2.26. The summed E-state index contributed by atoms with van der Waals surface area (Å²) >= 11 is 14.8. The molecule has 0 unspecified atom stereocenters. The number of carbonyl (C=O) groups excluding carboxylic acids is 1. The number of fused-ring (bicyclic) bond motifs is 1. The van der Waals surface area contributed by atoms with Crippen molar-refractivity contribution in [2.75, 3.05) is 6.61 Å². The topological polar surface area (TPSA) is 79.1 Å². The number of carbonyl (C=O) groups is 1. The van der Waals surface area contributed by atoms with Crippen LogP contribution >= 0.6 is 54.8 Å². The lowest BCUT2D eigenvalue weighted by atomic mass is 9.95. The molecule has 2 heterocycles. The summed E-state index contributed by atoms with van der Waals surface area (Å²) in [5.41, 5.74) is 2.82. The molecule has 0 N–H and O–H groups in total. The minimum atomic E-state index is -0.776. The number of thiazole rings is 1. The van der Waals surface area contributed by atoms with Gasteiger partial charge < -0.3 is 14.2 Å². The van der Waals surface area contributed by atoms with E-state index >= 15 is 0 Å². The Morgan fingerprint density at radius 3 is 2.48 bits per heavy atom. The van der Waals surface area contributed by atoms with Crippen molar-refractivity contribution in [1.29, 1.82) is 0 Å². The molecule has 1 aliphatic rings. The van der Waals surface area contributed by atoms with Gasteiger partial charge in [-0.2, -0.15) is 0 Å². The second-order valence-electron chi connectivity index (χ2n) is 10.2. The number of hydrogen-bond donors (Lipinski definition) is 0. The van der Waals surface area contributed by atoms with E-state index in [-0.39, 0.29) is 18.3 Å². The lowest BCUT2D eigenvalue weighted by Crippen LogP contribution is -2.40. The lowest BCUT2D eigenvalue weighted by molar-refractivity contribution is -0.139. The largest absolute Gasteiger partial charge is 0.491 e. The Kier molecular flexibility index (Phi) is 10.1. The number of para-hydroxylation sites is 1. The van der Waals surface area contributed by atoms with Gasteiger partial charge in [-0.15, -0.1) is 0 Å². The molecule has 1 aromatic heterocycles. The molecule has 0 radical (unpaired) electrons. The number of halogens is 3. The zero-order valence-corrected chi connectivity index (χ0v) is 29.1. The van der Waals surface area contributed by atoms with Crippen LogP contribution in [0.15, 0.2) is 90.7 Å². The summed E-state index contributed by atoms with van der Waals surface area (Å²) in [6.45, 7) is 7.85. The van der Waals surface area contributed by atoms with Gasteiger partial charge in [-0.1, -0.05) is 59.3 Å². The first-order chi connectivity index (χ1) is 21.1. The Labute approximate surface area is 280 Å². The van der Waals surface area contributed by atoms with Gasteiger partial charge >= 0.3 is 5.97 Å². The third-order valence-electron chi connectivity index (χ3n) is 6.74. The SMILES string of the molecule is CCOC(=O)C1=C(C)N=c2s/c(=C/c3cc(Br)c(OCc4ccccc4Cl)c(Br)c3)c(=O)n2[C@@H]1c1ccccc1OC(C)C. The fraction of sp³-hybridized carbons (Fsp3) is 0.242. The van der Waals surface area contributed by atoms with E-state index in [9.17, 15) is 9.59 Å². The number of allylic oxidation sites excluding steroid dienone is 1. The fourth-order valence-electron chi connectivity index (χ4n) is 4.87. The van der Waals surface area contributed by atoms with Crippen molar-refractivity contribution < 1.29 is 19.0 Å². The summed E-state index contributed by atoms with van der Waals surface area (Å²) in [5, 5.41) is 0.629. The number of rotatable bonds is 9. The van der Waals surface area contributed by atoms with Gasteiger partial charge in [-0.25, -0.2) is 9.79 Å². The van der Waals surface area contributed by atoms with Gasteiger partial charge in [0.2, 0.25) is 0 Å². The summed E-state index contributed by atoms with van der Waals surface area (Å²) < 4.78 is 21.0. The van der Waals surface area contributed by atoms with Crippen LogP contribution in [0, 0.1) is 0 Å². The first kappa shape index (κ1) is 32.2. The molecular weight excluding hydrogens is 732 g/mol. The zero-order valence-electron chi connectivity index (χ0n) is 24.4. The molecule has 5 rings (SSSR count). The fourth-order valence-corrected chi connectivity index (χ4v) is 7.56. The van der Waals surface area contributed by atoms with Gasteiger partial charge in [0.05, 0.1) is 37.5 Å². The molecule has 0 fully saturated rings. The van der Waals surface area contributed by atoms with Gasteiger partial charge in [0, 0.05) is 16.1 Å². The van der Waals surface area contributed by atoms with E-state index in [0.717, 1.165) is 11.1 Å². The molecule has 1 aliphatic heterocycles. The van der Waals surface area contributed by atoms with Gasteiger partial charge in [0.25, 0.3) is 5.56 Å². The Morgan fingerprint density at radius 2 is 1.80 bits per heavy atom. The number of nitrogens with zero attached hydrogens (tertiary/aromatic N) is 2. The molecule has 0 bridgehead atoms. The van der Waals surface area contributed by atoms with Crippen molar-refractivity contribution in [2.24, 2.45) is 4.99 Å². The minimum absolute atomic E-state index is 0.114. The smallest absolute Gasteiger partial charge is 0.338 e. The summed E-state index contributed by atoms with van der Waals surface area (Å²) in [4.78, 5) is 32.5. The Hall–Kier alpha value is -3.18. The molecule has 44 heavy (non-hydrogen) atoms. The van der Waals surface area contributed by atoms with Crippen LogP contribution in [0.1, 0.15) is 50.4 Å². The maximum absolute atomic E-state index is 14.1. The van der Waals surface area contributed by atoms with Crippen molar-refractivity contribution in [2.45, 2.75) is 46.4 Å². The Balaban J connectivity index is 1.59. The van der Waals surface area contributed by atoms with Crippen LogP contribution < -0.4 is 24.4 Å². The summed E-state index contributed by atoms with van der Waals surface area (Å²) in [5.74, 6) is 0.673. The number of aromatic nitrogens is 1. The molecule has 7 nitrogen and oxygen atoms in total. The highest BCUT2D eigenvalue weighted by atomic mass is 79.9. The average molecular weight is 761 g/mol. The highest BCUT2D eigenvalue weighted by Crippen LogP contribution is 2.37. The highest BCUT2D eigenvalue weighted by molar-refractivity contribution is 9.11. The molecule has 0 saturated carbocycles. The number of ether oxygens (including phenoxy) is 3. The number of benzene rings is 3. The van der Waals surface area contributed by atoms with Crippen molar-refractivity contribution in [3.63, 3.8) is 0 Å². The summed E-state index contributed by atoms with van der Waals surface area (Å²) in [6.07, 6.45) is 1.69. The predicted molar refractivity (Wildman–Crippen MR) is 180 cm³/mol. The predicted octanol–water partition coefficient (Wildman–Crippen LogP) is 7.34. The first-order valence-electron chi connectivity index (χ1n) is 13.9. The zero-order chi connectivity index (χ0) is 31.5. The summed E-state index contributed by atoms with van der Waals surface area (Å²) in [7, 11) is 0. The van der Waals surface area contributed by atoms with Crippen LogP contribution in [0.25, 0.3) is 6.08 Å².